The predicted molar refractivity (Wildman–Crippen MR) is 317 cm³/mol. The number of nitrogens with zero attached hydrogens (tertiary/aromatic N) is 2. The van der Waals surface area contributed by atoms with Crippen LogP contribution in [-0.4, -0.2) is 14.8 Å². The van der Waals surface area contributed by atoms with Crippen LogP contribution in [0.3, 0.4) is 0 Å². The van der Waals surface area contributed by atoms with Crippen LogP contribution < -0.4 is 31.6 Å². The van der Waals surface area contributed by atoms with Crippen LogP contribution in [0.15, 0.2) is 101 Å². The van der Waals surface area contributed by atoms with Crippen molar-refractivity contribution in [2.75, 3.05) is 9.80 Å². The molecule has 3 aliphatic heterocycles. The highest BCUT2D eigenvalue weighted by atomic mass is 28.3. The topological polar surface area (TPSA) is 19.6 Å². The molecule has 0 radical (unpaired) electrons. The van der Waals surface area contributed by atoms with E-state index in [1.54, 1.807) is 11.1 Å². The zero-order valence-electron chi connectivity index (χ0n) is 47.4. The molecule has 0 saturated heterocycles. The van der Waals surface area contributed by atoms with Crippen LogP contribution in [0.5, 0.6) is 0 Å². The highest BCUT2D eigenvalue weighted by molar-refractivity contribution is 7.00. The van der Waals surface area contributed by atoms with Gasteiger partial charge < -0.3 is 14.2 Å². The number of fused-ring (bicyclic) bond motifs is 11. The number of furan rings is 1. The molecule has 13 rings (SSSR count). The summed E-state index contributed by atoms with van der Waals surface area (Å²) in [7, 11) is -1.99. The molecule has 0 bridgehead atoms. The molecule has 6 aliphatic rings. The Kier molecular flexibility index (Phi) is 9.47. The molecule has 4 heterocycles. The summed E-state index contributed by atoms with van der Waals surface area (Å²) < 4.78 is 7.83. The first kappa shape index (κ1) is 47.5. The Morgan fingerprint density at radius 2 is 1.05 bits per heavy atom. The van der Waals surface area contributed by atoms with Gasteiger partial charge in [-0.15, -0.1) is 0 Å². The lowest BCUT2D eigenvalue weighted by Crippen LogP contribution is -2.63. The monoisotopic (exact) mass is 979 g/mol. The van der Waals surface area contributed by atoms with Gasteiger partial charge in [0.25, 0.3) is 6.71 Å². The van der Waals surface area contributed by atoms with Gasteiger partial charge in [0, 0.05) is 33.4 Å². The third-order valence-corrected chi connectivity index (χ3v) is 22.2. The van der Waals surface area contributed by atoms with Gasteiger partial charge in [0.1, 0.15) is 5.58 Å². The maximum Gasteiger partial charge on any atom is 0.297 e. The van der Waals surface area contributed by atoms with Crippen molar-refractivity contribution < 1.29 is 4.42 Å². The van der Waals surface area contributed by atoms with Gasteiger partial charge in [0.2, 0.25) is 0 Å². The molecule has 0 saturated carbocycles. The minimum Gasteiger partial charge on any atom is -0.468 e. The highest BCUT2D eigenvalue weighted by Crippen LogP contribution is 2.63. The van der Waals surface area contributed by atoms with Crippen molar-refractivity contribution in [1.29, 1.82) is 0 Å². The van der Waals surface area contributed by atoms with Crippen molar-refractivity contribution in [1.82, 2.24) is 0 Å². The Hall–Kier alpha value is -5.26. The number of rotatable bonds is 3. The number of anilines is 6. The molecule has 6 aromatic carbocycles. The molecular formula is C68H79BN2OSi. The van der Waals surface area contributed by atoms with Gasteiger partial charge in [-0.3, -0.25) is 0 Å². The molecule has 7 aromatic rings. The Balaban J connectivity index is 1.21. The van der Waals surface area contributed by atoms with Crippen molar-refractivity contribution >= 4 is 81.7 Å². The lowest BCUT2D eigenvalue weighted by atomic mass is 9.34. The Morgan fingerprint density at radius 3 is 1.66 bits per heavy atom. The Bertz CT molecular complexity index is 3550. The van der Waals surface area contributed by atoms with Crippen molar-refractivity contribution in [3.8, 4) is 11.1 Å². The Labute approximate surface area is 439 Å². The van der Waals surface area contributed by atoms with Crippen LogP contribution in [0, 0.1) is 0 Å². The van der Waals surface area contributed by atoms with E-state index in [1.165, 1.54) is 113 Å². The van der Waals surface area contributed by atoms with E-state index in [-0.39, 0.29) is 44.6 Å². The largest absolute Gasteiger partial charge is 0.468 e. The maximum absolute atomic E-state index is 7.83. The van der Waals surface area contributed by atoms with E-state index < -0.39 is 8.07 Å². The van der Waals surface area contributed by atoms with E-state index in [0.29, 0.717) is 0 Å². The van der Waals surface area contributed by atoms with Crippen molar-refractivity contribution in [2.45, 2.75) is 193 Å². The van der Waals surface area contributed by atoms with E-state index in [4.69, 9.17) is 4.42 Å². The van der Waals surface area contributed by atoms with Gasteiger partial charge in [0.05, 0.1) is 30.8 Å². The maximum atomic E-state index is 7.83. The first-order valence-corrected chi connectivity index (χ1v) is 31.5. The predicted octanol–water partition coefficient (Wildman–Crippen LogP) is 16.4. The zero-order chi connectivity index (χ0) is 51.7. The molecule has 0 N–H and O–H groups in total. The molecule has 0 amide bonds. The van der Waals surface area contributed by atoms with Crippen molar-refractivity contribution in [3.05, 3.63) is 142 Å². The molecule has 0 spiro atoms. The molecule has 0 fully saturated rings. The molecule has 1 aromatic heterocycles. The van der Waals surface area contributed by atoms with Crippen molar-refractivity contribution in [2.24, 2.45) is 0 Å². The van der Waals surface area contributed by atoms with E-state index in [1.807, 2.05) is 0 Å². The molecule has 3 aliphatic carbocycles. The van der Waals surface area contributed by atoms with Gasteiger partial charge in [0.15, 0.2) is 0 Å². The van der Waals surface area contributed by atoms with Gasteiger partial charge in [-0.1, -0.05) is 176 Å². The van der Waals surface area contributed by atoms with Crippen molar-refractivity contribution in [3.63, 3.8) is 0 Å². The van der Waals surface area contributed by atoms with Crippen LogP contribution in [0.25, 0.3) is 22.1 Å². The number of hydrogen-bond donors (Lipinski definition) is 0. The number of hydrogen-bond acceptors (Lipinski definition) is 3. The van der Waals surface area contributed by atoms with Gasteiger partial charge >= 0.3 is 0 Å². The summed E-state index contributed by atoms with van der Waals surface area (Å²) in [6, 6.07) is 39.5. The summed E-state index contributed by atoms with van der Waals surface area (Å²) in [6.45, 7) is 42.1. The van der Waals surface area contributed by atoms with Gasteiger partial charge in [-0.25, -0.2) is 0 Å². The minimum absolute atomic E-state index is 0.0317. The fourth-order valence-corrected chi connectivity index (χ4v) is 16.2. The van der Waals surface area contributed by atoms with E-state index in [2.05, 4.69) is 223 Å². The van der Waals surface area contributed by atoms with E-state index >= 15 is 0 Å². The van der Waals surface area contributed by atoms with Crippen LogP contribution in [0.2, 0.25) is 19.6 Å². The minimum atomic E-state index is -1.99. The molecule has 374 valence electrons. The van der Waals surface area contributed by atoms with Crippen LogP contribution in [0.4, 0.5) is 34.1 Å². The number of benzene rings is 6. The molecule has 5 heteroatoms. The first-order chi connectivity index (χ1) is 34.0. The molecule has 3 nitrogen and oxygen atoms in total. The molecule has 73 heavy (non-hydrogen) atoms. The van der Waals surface area contributed by atoms with Crippen LogP contribution in [-0.2, 0) is 37.9 Å². The van der Waals surface area contributed by atoms with E-state index in [0.717, 1.165) is 36.9 Å². The van der Waals surface area contributed by atoms with Gasteiger partial charge in [-0.2, -0.15) is 0 Å². The standard InChI is InChI=1S/C68H79BN2OSi/c1-62(2,3)41-23-26-52(43(33-41)40-21-19-18-20-22-40)70-54-34-42(73(15,16)17)35-55-58(54)69(61-59(70)44-36-46-49(39-56(44)72-61)67(12,13)30-27-64(46,6)7)51-25-24-45-57-60(51)71(55)53-38-48-47(65(8,9)28-29-66(48,10)11)37-50(53)68(57,14)32-31-63(45,4)5/h18-26,33-39H,27-32H2,1-17H3. The summed E-state index contributed by atoms with van der Waals surface area (Å²) in [6.07, 6.45) is 6.98. The lowest BCUT2D eigenvalue weighted by molar-refractivity contribution is 0.327. The summed E-state index contributed by atoms with van der Waals surface area (Å²) >= 11 is 0. The smallest absolute Gasteiger partial charge is 0.297 e. The summed E-state index contributed by atoms with van der Waals surface area (Å²) in [5.41, 5.74) is 27.2. The fourth-order valence-electron chi connectivity index (χ4n) is 15.1. The summed E-state index contributed by atoms with van der Waals surface area (Å²) in [5, 5.41) is 2.71. The first-order valence-electron chi connectivity index (χ1n) is 28.0. The zero-order valence-corrected chi connectivity index (χ0v) is 48.4. The molecular weight excluding hydrogens is 900 g/mol. The second-order valence-corrected chi connectivity index (χ2v) is 34.5. The van der Waals surface area contributed by atoms with E-state index in [9.17, 15) is 0 Å². The second-order valence-electron chi connectivity index (χ2n) is 29.4. The quantitative estimate of drug-likeness (QED) is 0.165. The highest BCUT2D eigenvalue weighted by Gasteiger charge is 2.56. The lowest BCUT2D eigenvalue weighted by Gasteiger charge is -2.55. The Morgan fingerprint density at radius 1 is 0.507 bits per heavy atom. The van der Waals surface area contributed by atoms with Gasteiger partial charge in [-0.05, 0) is 174 Å². The average molecular weight is 979 g/mol. The van der Waals surface area contributed by atoms with Crippen LogP contribution in [0.1, 0.15) is 180 Å². The third kappa shape index (κ3) is 6.48. The molecule has 1 unspecified atom stereocenters. The SMILES string of the molecule is CC(C)(C)c1ccc(N2c3cc([Si](C)(C)C)cc4c3B(c3ccc5c6c3N4c3cc4c(cc3C6(C)CCC5(C)C)C(C)(C)CCC4(C)C)c3oc4cc5c(cc4c32)C(C)(C)CCC5(C)C)c(-c2ccccc2)c1. The summed E-state index contributed by atoms with van der Waals surface area (Å²) in [4.78, 5) is 5.54. The van der Waals surface area contributed by atoms with Crippen LogP contribution >= 0.6 is 0 Å². The summed E-state index contributed by atoms with van der Waals surface area (Å²) in [5.74, 6) is 0. The average Bonchev–Trinajstić information content (AvgIpc) is 3.70. The third-order valence-electron chi connectivity index (χ3n) is 20.2. The second kappa shape index (κ2) is 14.6. The fraction of sp³-hybridized carbons (Fsp3) is 0.441. The molecule has 1 atom stereocenters. The normalized spacial score (nSPS) is 22.0.